The Labute approximate surface area is 155 Å². The summed E-state index contributed by atoms with van der Waals surface area (Å²) in [6.07, 6.45) is 3.58. The number of carbonyl (C=O) groups is 1. The van der Waals surface area contributed by atoms with Gasteiger partial charge in [-0.15, -0.1) is 11.3 Å². The van der Waals surface area contributed by atoms with Gasteiger partial charge in [-0.25, -0.2) is 4.98 Å². The number of anilines is 1. The molecule has 2 heterocycles. The first-order chi connectivity index (χ1) is 12.6. The van der Waals surface area contributed by atoms with Gasteiger partial charge in [0.1, 0.15) is 22.2 Å². The highest BCUT2D eigenvalue weighted by Gasteiger charge is 2.15. The summed E-state index contributed by atoms with van der Waals surface area (Å²) in [6, 6.07) is 5.35. The molecule has 3 rings (SSSR count). The number of amides is 1. The van der Waals surface area contributed by atoms with Crippen LogP contribution in [0.5, 0.6) is 11.5 Å². The maximum atomic E-state index is 12.6. The van der Waals surface area contributed by atoms with E-state index in [1.165, 1.54) is 11.3 Å². The van der Waals surface area contributed by atoms with Crippen LogP contribution in [-0.2, 0) is 7.05 Å². The minimum absolute atomic E-state index is 0.300. The van der Waals surface area contributed by atoms with Crippen LogP contribution in [0.25, 0.3) is 10.6 Å². The molecule has 0 aliphatic heterocycles. The molecule has 1 aromatic carbocycles. The van der Waals surface area contributed by atoms with Crippen LogP contribution in [-0.4, -0.2) is 33.9 Å². The van der Waals surface area contributed by atoms with Crippen LogP contribution in [0.1, 0.15) is 24.3 Å². The third-order valence-electron chi connectivity index (χ3n) is 3.50. The van der Waals surface area contributed by atoms with Crippen LogP contribution in [0, 0.1) is 0 Å². The van der Waals surface area contributed by atoms with Crippen molar-refractivity contribution in [2.45, 2.75) is 13.8 Å². The fraction of sp³-hybridized carbons (Fsp3) is 0.278. The van der Waals surface area contributed by atoms with E-state index < -0.39 is 0 Å². The minimum atomic E-state index is -0.300. The van der Waals surface area contributed by atoms with Gasteiger partial charge in [-0.3, -0.25) is 9.48 Å². The highest BCUT2D eigenvalue weighted by molar-refractivity contribution is 7.13. The highest BCUT2D eigenvalue weighted by Crippen LogP contribution is 2.30. The lowest BCUT2D eigenvalue weighted by atomic mass is 10.2. The molecule has 1 amide bonds. The fourth-order valence-corrected chi connectivity index (χ4v) is 3.15. The molecular formula is C18H20N4O3S. The number of rotatable bonds is 7. The molecule has 0 saturated heterocycles. The van der Waals surface area contributed by atoms with E-state index in [1.54, 1.807) is 28.4 Å². The van der Waals surface area contributed by atoms with Crippen molar-refractivity contribution in [3.8, 4) is 22.1 Å². The molecule has 26 heavy (non-hydrogen) atoms. The van der Waals surface area contributed by atoms with Crippen LogP contribution in [0.4, 0.5) is 5.69 Å². The van der Waals surface area contributed by atoms with E-state index in [4.69, 9.17) is 9.47 Å². The Morgan fingerprint density at radius 3 is 2.77 bits per heavy atom. The molecule has 2 aromatic heterocycles. The Kier molecular flexibility index (Phi) is 5.52. The van der Waals surface area contributed by atoms with Gasteiger partial charge in [-0.1, -0.05) is 0 Å². The third-order valence-corrected chi connectivity index (χ3v) is 4.39. The Morgan fingerprint density at radius 2 is 2.08 bits per heavy atom. The van der Waals surface area contributed by atoms with Crippen molar-refractivity contribution >= 4 is 22.9 Å². The first-order valence-electron chi connectivity index (χ1n) is 8.26. The van der Waals surface area contributed by atoms with E-state index in [1.807, 2.05) is 33.2 Å². The van der Waals surface area contributed by atoms with Crippen molar-refractivity contribution in [2.24, 2.45) is 7.05 Å². The molecule has 7 nitrogen and oxygen atoms in total. The second kappa shape index (κ2) is 8.01. The number of aromatic nitrogens is 3. The number of nitrogens with one attached hydrogen (secondary N) is 1. The molecule has 0 fully saturated rings. The minimum Gasteiger partial charge on any atom is -0.494 e. The average molecular weight is 372 g/mol. The number of hydrogen-bond acceptors (Lipinski definition) is 6. The molecule has 136 valence electrons. The number of ether oxygens (including phenoxy) is 2. The molecule has 8 heteroatoms. The first kappa shape index (κ1) is 17.9. The van der Waals surface area contributed by atoms with Crippen molar-refractivity contribution in [3.63, 3.8) is 0 Å². The summed E-state index contributed by atoms with van der Waals surface area (Å²) >= 11 is 1.40. The zero-order valence-electron chi connectivity index (χ0n) is 14.9. The Balaban J connectivity index is 1.81. The summed E-state index contributed by atoms with van der Waals surface area (Å²) in [5.74, 6) is 0.957. The monoisotopic (exact) mass is 372 g/mol. The summed E-state index contributed by atoms with van der Waals surface area (Å²) in [7, 11) is 1.84. The van der Waals surface area contributed by atoms with Crippen LogP contribution in [0.15, 0.2) is 36.0 Å². The molecule has 0 aliphatic rings. The molecule has 0 bridgehead atoms. The largest absolute Gasteiger partial charge is 0.494 e. The fourth-order valence-electron chi connectivity index (χ4n) is 2.37. The van der Waals surface area contributed by atoms with E-state index >= 15 is 0 Å². The smallest absolute Gasteiger partial charge is 0.275 e. The Hall–Kier alpha value is -2.87. The molecule has 0 radical (unpaired) electrons. The van der Waals surface area contributed by atoms with Crippen LogP contribution < -0.4 is 14.8 Å². The van der Waals surface area contributed by atoms with Crippen molar-refractivity contribution in [3.05, 3.63) is 41.7 Å². The van der Waals surface area contributed by atoms with Crippen LogP contribution in [0.3, 0.4) is 0 Å². The molecule has 0 unspecified atom stereocenters. The zero-order chi connectivity index (χ0) is 18.5. The number of aryl methyl sites for hydroxylation is 1. The molecule has 3 aromatic rings. The summed E-state index contributed by atoms with van der Waals surface area (Å²) < 4.78 is 12.8. The Bertz CT molecular complexity index is 903. The van der Waals surface area contributed by atoms with Crippen LogP contribution in [0.2, 0.25) is 0 Å². The van der Waals surface area contributed by atoms with Gasteiger partial charge in [0.15, 0.2) is 0 Å². The molecule has 0 aliphatic carbocycles. The predicted molar refractivity (Wildman–Crippen MR) is 101 cm³/mol. The lowest BCUT2D eigenvalue weighted by Crippen LogP contribution is -2.13. The van der Waals surface area contributed by atoms with Crippen molar-refractivity contribution < 1.29 is 14.3 Å². The molecule has 0 atom stereocenters. The summed E-state index contributed by atoms with van der Waals surface area (Å²) in [4.78, 5) is 17.0. The van der Waals surface area contributed by atoms with E-state index in [9.17, 15) is 4.79 Å². The van der Waals surface area contributed by atoms with Gasteiger partial charge in [-0.2, -0.15) is 5.10 Å². The molecule has 0 saturated carbocycles. The SMILES string of the molecule is CCOc1ccc(OCC)c(NC(=O)c2csc(-c3cnn(C)c3)n2)c1. The topological polar surface area (TPSA) is 78.3 Å². The van der Waals surface area contributed by atoms with E-state index in [-0.39, 0.29) is 5.91 Å². The van der Waals surface area contributed by atoms with Gasteiger partial charge >= 0.3 is 0 Å². The zero-order valence-corrected chi connectivity index (χ0v) is 15.7. The second-order valence-corrected chi connectivity index (χ2v) is 6.28. The maximum Gasteiger partial charge on any atom is 0.275 e. The van der Waals surface area contributed by atoms with E-state index in [0.29, 0.717) is 36.1 Å². The van der Waals surface area contributed by atoms with Gasteiger partial charge in [0.2, 0.25) is 0 Å². The Morgan fingerprint density at radius 1 is 1.27 bits per heavy atom. The molecule has 1 N–H and O–H groups in total. The first-order valence-corrected chi connectivity index (χ1v) is 9.14. The van der Waals surface area contributed by atoms with Crippen molar-refractivity contribution in [1.29, 1.82) is 0 Å². The van der Waals surface area contributed by atoms with Gasteiger partial charge in [0, 0.05) is 30.3 Å². The van der Waals surface area contributed by atoms with Gasteiger partial charge in [-0.05, 0) is 26.0 Å². The quantitative estimate of drug-likeness (QED) is 0.686. The molecule has 0 spiro atoms. The van der Waals surface area contributed by atoms with Gasteiger partial charge in [0.05, 0.1) is 25.1 Å². The summed E-state index contributed by atoms with van der Waals surface area (Å²) in [5, 5.41) is 9.46. The van der Waals surface area contributed by atoms with Crippen LogP contribution >= 0.6 is 11.3 Å². The normalized spacial score (nSPS) is 10.6. The maximum absolute atomic E-state index is 12.6. The lowest BCUT2D eigenvalue weighted by Gasteiger charge is -2.13. The summed E-state index contributed by atoms with van der Waals surface area (Å²) in [6.45, 7) is 4.84. The highest BCUT2D eigenvalue weighted by atomic mass is 32.1. The second-order valence-electron chi connectivity index (χ2n) is 5.42. The molecular weight excluding hydrogens is 352 g/mol. The van der Waals surface area contributed by atoms with E-state index in [2.05, 4.69) is 15.4 Å². The van der Waals surface area contributed by atoms with E-state index in [0.717, 1.165) is 10.6 Å². The third kappa shape index (κ3) is 4.02. The standard InChI is InChI=1S/C18H20N4O3S/c1-4-24-13-6-7-16(25-5-2)14(8-13)20-17(23)15-11-26-18(21-15)12-9-19-22(3)10-12/h6-11H,4-5H2,1-3H3,(H,20,23). The number of thiazole rings is 1. The van der Waals surface area contributed by atoms with Gasteiger partial charge < -0.3 is 14.8 Å². The van der Waals surface area contributed by atoms with Crippen molar-refractivity contribution in [1.82, 2.24) is 14.8 Å². The number of carbonyl (C=O) groups excluding carboxylic acids is 1. The number of hydrogen-bond donors (Lipinski definition) is 1. The van der Waals surface area contributed by atoms with Crippen molar-refractivity contribution in [2.75, 3.05) is 18.5 Å². The predicted octanol–water partition coefficient (Wildman–Crippen LogP) is 3.59. The number of nitrogens with zero attached hydrogens (tertiary/aromatic N) is 3. The lowest BCUT2D eigenvalue weighted by molar-refractivity contribution is 0.102. The van der Waals surface area contributed by atoms with Gasteiger partial charge in [0.25, 0.3) is 5.91 Å². The number of benzene rings is 1. The average Bonchev–Trinajstić information content (AvgIpc) is 3.26. The summed E-state index contributed by atoms with van der Waals surface area (Å²) in [5.41, 5.74) is 1.78.